The highest BCUT2D eigenvalue weighted by atomic mass is 16.5. The summed E-state index contributed by atoms with van der Waals surface area (Å²) in [5.74, 6) is 0.0688. The molecule has 0 heterocycles. The molecule has 0 fully saturated rings. The standard InChI is InChI=1S/C16H17BNO4/c18-15(10-12-6-8-14(9-7-12)22-17-20)16(19)21-11-13-4-2-1-3-5-13/h1-9,15,20H,10-11,18H2/t15-/m0/s1. The molecule has 0 aliphatic carbocycles. The zero-order chi connectivity index (χ0) is 15.8. The summed E-state index contributed by atoms with van der Waals surface area (Å²) in [5.41, 5.74) is 7.66. The van der Waals surface area contributed by atoms with Crippen LogP contribution in [0.4, 0.5) is 0 Å². The Labute approximate surface area is 130 Å². The molecule has 0 saturated heterocycles. The first-order valence-electron chi connectivity index (χ1n) is 6.86. The van der Waals surface area contributed by atoms with Gasteiger partial charge < -0.3 is 20.1 Å². The summed E-state index contributed by atoms with van der Waals surface area (Å²) < 4.78 is 10.0. The van der Waals surface area contributed by atoms with Gasteiger partial charge in [-0.25, -0.2) is 0 Å². The minimum absolute atomic E-state index is 0.215. The van der Waals surface area contributed by atoms with Crippen molar-refractivity contribution < 1.29 is 19.2 Å². The van der Waals surface area contributed by atoms with Crippen molar-refractivity contribution in [3.05, 3.63) is 65.7 Å². The molecule has 22 heavy (non-hydrogen) atoms. The zero-order valence-electron chi connectivity index (χ0n) is 12.0. The lowest BCUT2D eigenvalue weighted by Gasteiger charge is -2.12. The van der Waals surface area contributed by atoms with Gasteiger partial charge in [-0.05, 0) is 29.7 Å². The van der Waals surface area contributed by atoms with Crippen molar-refractivity contribution in [2.24, 2.45) is 5.73 Å². The molecule has 0 aliphatic heterocycles. The van der Waals surface area contributed by atoms with Gasteiger partial charge in [0.05, 0.1) is 5.75 Å². The van der Waals surface area contributed by atoms with Crippen molar-refractivity contribution in [1.82, 2.24) is 0 Å². The first-order chi connectivity index (χ1) is 10.7. The number of ether oxygens (including phenoxy) is 1. The van der Waals surface area contributed by atoms with Crippen molar-refractivity contribution in [2.75, 3.05) is 0 Å². The van der Waals surface area contributed by atoms with E-state index in [-0.39, 0.29) is 6.61 Å². The van der Waals surface area contributed by atoms with Crippen LogP contribution in [0, 0.1) is 0 Å². The van der Waals surface area contributed by atoms with Crippen LogP contribution < -0.4 is 10.4 Å². The minimum Gasteiger partial charge on any atom is -0.537 e. The molecular weight excluding hydrogens is 281 g/mol. The lowest BCUT2D eigenvalue weighted by molar-refractivity contribution is -0.146. The molecule has 2 aromatic rings. The van der Waals surface area contributed by atoms with Gasteiger partial charge in [0.15, 0.2) is 0 Å². The Hall–Kier alpha value is -2.31. The first-order valence-corrected chi connectivity index (χ1v) is 6.86. The van der Waals surface area contributed by atoms with Gasteiger partial charge >= 0.3 is 13.7 Å². The number of benzene rings is 2. The highest BCUT2D eigenvalue weighted by molar-refractivity contribution is 6.17. The van der Waals surface area contributed by atoms with Crippen LogP contribution in [0.15, 0.2) is 54.6 Å². The van der Waals surface area contributed by atoms with E-state index in [0.29, 0.717) is 19.9 Å². The molecule has 0 aliphatic rings. The fraction of sp³-hybridized carbons (Fsp3) is 0.188. The number of hydrogen-bond donors (Lipinski definition) is 2. The Balaban J connectivity index is 1.83. The van der Waals surface area contributed by atoms with Crippen LogP contribution in [0.3, 0.4) is 0 Å². The quantitative estimate of drug-likeness (QED) is 0.593. The van der Waals surface area contributed by atoms with Gasteiger partial charge in [0.2, 0.25) is 0 Å². The van der Waals surface area contributed by atoms with Gasteiger partial charge in [0, 0.05) is 0 Å². The molecule has 1 radical (unpaired) electrons. The predicted octanol–water partition coefficient (Wildman–Crippen LogP) is 1.21. The Morgan fingerprint density at radius 1 is 1.09 bits per heavy atom. The predicted molar refractivity (Wildman–Crippen MR) is 83.0 cm³/mol. The normalized spacial score (nSPS) is 11.5. The van der Waals surface area contributed by atoms with Crippen molar-refractivity contribution >= 4 is 13.7 Å². The molecular formula is C16H17BNO4. The molecule has 5 nitrogen and oxygen atoms in total. The molecule has 0 aromatic heterocycles. The molecule has 1 atom stereocenters. The van der Waals surface area contributed by atoms with E-state index in [1.54, 1.807) is 24.3 Å². The highest BCUT2D eigenvalue weighted by Gasteiger charge is 2.15. The fourth-order valence-electron chi connectivity index (χ4n) is 1.94. The van der Waals surface area contributed by atoms with E-state index >= 15 is 0 Å². The van der Waals surface area contributed by atoms with Gasteiger partial charge in [-0.15, -0.1) is 0 Å². The Morgan fingerprint density at radius 2 is 1.77 bits per heavy atom. The fourth-order valence-corrected chi connectivity index (χ4v) is 1.94. The maximum atomic E-state index is 11.9. The second-order valence-corrected chi connectivity index (χ2v) is 4.77. The van der Waals surface area contributed by atoms with Gasteiger partial charge in [0.1, 0.15) is 12.6 Å². The van der Waals surface area contributed by atoms with Gasteiger partial charge in [-0.1, -0.05) is 42.5 Å². The van der Waals surface area contributed by atoms with Crippen LogP contribution >= 0.6 is 0 Å². The molecule has 2 aromatic carbocycles. The number of esters is 1. The van der Waals surface area contributed by atoms with E-state index in [2.05, 4.69) is 0 Å². The lowest BCUT2D eigenvalue weighted by Crippen LogP contribution is -2.34. The summed E-state index contributed by atoms with van der Waals surface area (Å²) in [6.07, 6.45) is 0.372. The van der Waals surface area contributed by atoms with E-state index in [1.807, 2.05) is 30.3 Å². The number of carbonyl (C=O) groups excluding carboxylic acids is 1. The van der Waals surface area contributed by atoms with Crippen LogP contribution in [-0.4, -0.2) is 24.7 Å². The van der Waals surface area contributed by atoms with E-state index < -0.39 is 12.0 Å². The minimum atomic E-state index is -0.722. The van der Waals surface area contributed by atoms with E-state index in [1.165, 1.54) is 0 Å². The molecule has 0 spiro atoms. The van der Waals surface area contributed by atoms with E-state index in [4.69, 9.17) is 20.1 Å². The summed E-state index contributed by atoms with van der Waals surface area (Å²) in [7, 11) is 0.613. The lowest BCUT2D eigenvalue weighted by atomic mass is 10.1. The number of nitrogens with two attached hydrogens (primary N) is 1. The molecule has 0 bridgehead atoms. The molecule has 2 rings (SSSR count). The summed E-state index contributed by atoms with van der Waals surface area (Å²) in [5, 5.41) is 8.53. The average Bonchev–Trinajstić information content (AvgIpc) is 2.55. The van der Waals surface area contributed by atoms with Crippen LogP contribution in [0.25, 0.3) is 0 Å². The monoisotopic (exact) mass is 298 g/mol. The summed E-state index contributed by atoms with van der Waals surface area (Å²) in [6, 6.07) is 15.7. The first kappa shape index (κ1) is 16.1. The molecule has 0 unspecified atom stereocenters. The number of carbonyl (C=O) groups is 1. The van der Waals surface area contributed by atoms with Crippen LogP contribution in [-0.2, 0) is 22.6 Å². The van der Waals surface area contributed by atoms with Gasteiger partial charge in [-0.2, -0.15) is 0 Å². The highest BCUT2D eigenvalue weighted by Crippen LogP contribution is 2.13. The topological polar surface area (TPSA) is 81.8 Å². The van der Waals surface area contributed by atoms with Gasteiger partial charge in [-0.3, -0.25) is 4.79 Å². The average molecular weight is 298 g/mol. The SMILES string of the molecule is N[C@@H](Cc1ccc(O[B]O)cc1)C(=O)OCc1ccccc1. The molecule has 6 heteroatoms. The van der Waals surface area contributed by atoms with Gasteiger partial charge in [0.25, 0.3) is 0 Å². The van der Waals surface area contributed by atoms with Crippen molar-refractivity contribution in [3.8, 4) is 5.75 Å². The smallest absolute Gasteiger partial charge is 0.537 e. The molecule has 0 amide bonds. The Kier molecular flexibility index (Phi) is 6.00. The summed E-state index contributed by atoms with van der Waals surface area (Å²) in [6.45, 7) is 0.215. The van der Waals surface area contributed by atoms with E-state index in [9.17, 15) is 4.79 Å². The third kappa shape index (κ3) is 4.91. The van der Waals surface area contributed by atoms with E-state index in [0.717, 1.165) is 11.1 Å². The molecule has 0 saturated carbocycles. The Morgan fingerprint density at radius 3 is 2.41 bits per heavy atom. The third-order valence-electron chi connectivity index (χ3n) is 3.09. The second-order valence-electron chi connectivity index (χ2n) is 4.77. The molecule has 113 valence electrons. The van der Waals surface area contributed by atoms with Crippen molar-refractivity contribution in [1.29, 1.82) is 0 Å². The van der Waals surface area contributed by atoms with Crippen LogP contribution in [0.5, 0.6) is 5.75 Å². The zero-order valence-corrected chi connectivity index (χ0v) is 12.0. The maximum absolute atomic E-state index is 11.9. The van der Waals surface area contributed by atoms with Crippen LogP contribution in [0.1, 0.15) is 11.1 Å². The Bertz CT molecular complexity index is 589. The van der Waals surface area contributed by atoms with Crippen LogP contribution in [0.2, 0.25) is 0 Å². The second kappa shape index (κ2) is 8.21. The largest absolute Gasteiger partial charge is 0.569 e. The molecule has 3 N–H and O–H groups in total. The number of rotatable bonds is 7. The van der Waals surface area contributed by atoms with Crippen molar-refractivity contribution in [2.45, 2.75) is 19.1 Å². The third-order valence-corrected chi connectivity index (χ3v) is 3.09. The number of hydrogen-bond acceptors (Lipinski definition) is 5. The van der Waals surface area contributed by atoms with Crippen molar-refractivity contribution in [3.63, 3.8) is 0 Å². The maximum Gasteiger partial charge on any atom is 0.569 e. The summed E-state index contributed by atoms with van der Waals surface area (Å²) in [4.78, 5) is 11.9. The summed E-state index contributed by atoms with van der Waals surface area (Å²) >= 11 is 0.